The van der Waals surface area contributed by atoms with Gasteiger partial charge in [0, 0.05) is 29.9 Å². The van der Waals surface area contributed by atoms with Gasteiger partial charge in [-0.2, -0.15) is 0 Å². The predicted molar refractivity (Wildman–Crippen MR) is 105 cm³/mol. The molecule has 1 aromatic heterocycles. The molecule has 1 aliphatic rings. The van der Waals surface area contributed by atoms with Crippen molar-refractivity contribution in [2.45, 2.75) is 38.8 Å². The van der Waals surface area contributed by atoms with Crippen LogP contribution < -0.4 is 10.1 Å². The third-order valence-corrected chi connectivity index (χ3v) is 4.86. The number of nitrogens with zero attached hydrogens (tertiary/aromatic N) is 1. The van der Waals surface area contributed by atoms with Gasteiger partial charge in [-0.05, 0) is 38.5 Å². The fourth-order valence-corrected chi connectivity index (χ4v) is 3.62. The molecular weight excluding hydrogens is 338 g/mol. The first-order valence-corrected chi connectivity index (χ1v) is 9.12. The molecule has 0 radical (unpaired) electrons. The first kappa shape index (κ1) is 17.3. The van der Waals surface area contributed by atoms with E-state index in [0.717, 1.165) is 22.4 Å². The van der Waals surface area contributed by atoms with Crippen molar-refractivity contribution >= 4 is 5.91 Å². The van der Waals surface area contributed by atoms with Crippen molar-refractivity contribution in [3.63, 3.8) is 0 Å². The van der Waals surface area contributed by atoms with Gasteiger partial charge in [0.25, 0.3) is 5.91 Å². The summed E-state index contributed by atoms with van der Waals surface area (Å²) < 4.78 is 6.13. The summed E-state index contributed by atoms with van der Waals surface area (Å²) in [7, 11) is 0. The molecule has 2 heterocycles. The normalized spacial score (nSPS) is 17.7. The topological polar surface area (TPSA) is 67.0 Å². The number of rotatable bonds is 3. The third-order valence-electron chi connectivity index (χ3n) is 4.86. The monoisotopic (exact) mass is 361 g/mol. The molecule has 0 saturated heterocycles. The third kappa shape index (κ3) is 3.45. The number of carbonyl (C=O) groups excluding carboxylic acids is 1. The van der Waals surface area contributed by atoms with Crippen LogP contribution in [0.15, 0.2) is 54.9 Å². The molecule has 0 saturated carbocycles. The molecule has 1 atom stereocenters. The largest absolute Gasteiger partial charge is 0.487 e. The molecule has 1 amide bonds. The SMILES string of the molecule is Cc1ccc2c(c1)OC(C)(C)C[C@@H]2NC(=O)c1ccccc1-c1ncc[nH]1. The smallest absolute Gasteiger partial charge is 0.252 e. The molecule has 0 unspecified atom stereocenters. The molecule has 0 spiro atoms. The number of fused-ring (bicyclic) bond motifs is 1. The van der Waals surface area contributed by atoms with Crippen molar-refractivity contribution in [1.82, 2.24) is 15.3 Å². The van der Waals surface area contributed by atoms with Crippen LogP contribution in [0.25, 0.3) is 11.4 Å². The zero-order valence-electron chi connectivity index (χ0n) is 15.7. The number of aryl methyl sites for hydroxylation is 1. The van der Waals surface area contributed by atoms with Crippen LogP contribution in [0.3, 0.4) is 0 Å². The second kappa shape index (κ2) is 6.58. The van der Waals surface area contributed by atoms with Gasteiger partial charge in [-0.1, -0.05) is 30.3 Å². The van der Waals surface area contributed by atoms with E-state index >= 15 is 0 Å². The maximum Gasteiger partial charge on any atom is 0.252 e. The Hall–Kier alpha value is -3.08. The summed E-state index contributed by atoms with van der Waals surface area (Å²) in [5.41, 5.74) is 3.20. The lowest BCUT2D eigenvalue weighted by molar-refractivity contribution is 0.0619. The van der Waals surface area contributed by atoms with Gasteiger partial charge >= 0.3 is 0 Å². The highest BCUT2D eigenvalue weighted by molar-refractivity contribution is 6.00. The molecule has 27 heavy (non-hydrogen) atoms. The molecule has 2 N–H and O–H groups in total. The average molecular weight is 361 g/mol. The highest BCUT2D eigenvalue weighted by atomic mass is 16.5. The molecule has 138 valence electrons. The molecule has 4 rings (SSSR count). The predicted octanol–water partition coefficient (Wildman–Crippen LogP) is 4.42. The highest BCUT2D eigenvalue weighted by Gasteiger charge is 2.35. The Bertz CT molecular complexity index is 977. The molecule has 0 fully saturated rings. The summed E-state index contributed by atoms with van der Waals surface area (Å²) in [4.78, 5) is 20.5. The Labute approximate surface area is 158 Å². The van der Waals surface area contributed by atoms with E-state index in [1.165, 1.54) is 0 Å². The van der Waals surface area contributed by atoms with Gasteiger partial charge < -0.3 is 15.0 Å². The standard InChI is InChI=1S/C22H23N3O2/c1-14-8-9-17-18(13-22(2,3)27-19(17)12-14)25-21(26)16-7-5-4-6-15(16)20-23-10-11-24-20/h4-12,18H,13H2,1-3H3,(H,23,24)(H,25,26)/t18-/m0/s1. The van der Waals surface area contributed by atoms with Crippen LogP contribution in [-0.2, 0) is 0 Å². The molecule has 1 aliphatic heterocycles. The molecule has 5 nitrogen and oxygen atoms in total. The lowest BCUT2D eigenvalue weighted by Crippen LogP contribution is -2.41. The van der Waals surface area contributed by atoms with E-state index in [9.17, 15) is 4.79 Å². The van der Waals surface area contributed by atoms with Gasteiger partial charge in [0.05, 0.1) is 11.6 Å². The Balaban J connectivity index is 1.67. The summed E-state index contributed by atoms with van der Waals surface area (Å²) in [5, 5.41) is 3.21. The minimum absolute atomic E-state index is 0.110. The number of carbonyl (C=O) groups is 1. The van der Waals surface area contributed by atoms with Gasteiger partial charge in [0.15, 0.2) is 0 Å². The van der Waals surface area contributed by atoms with Crippen molar-refractivity contribution < 1.29 is 9.53 Å². The first-order chi connectivity index (χ1) is 12.9. The van der Waals surface area contributed by atoms with E-state index in [4.69, 9.17) is 4.74 Å². The molecule has 0 aliphatic carbocycles. The van der Waals surface area contributed by atoms with Crippen molar-refractivity contribution in [3.05, 3.63) is 71.5 Å². The van der Waals surface area contributed by atoms with Crippen molar-refractivity contribution in [2.75, 3.05) is 0 Å². The van der Waals surface area contributed by atoms with Crippen LogP contribution in [0.5, 0.6) is 5.75 Å². The van der Waals surface area contributed by atoms with E-state index in [2.05, 4.69) is 21.4 Å². The summed E-state index contributed by atoms with van der Waals surface area (Å²) in [6, 6.07) is 13.5. The maximum absolute atomic E-state index is 13.1. The number of imidazole rings is 1. The fourth-order valence-electron chi connectivity index (χ4n) is 3.62. The lowest BCUT2D eigenvalue weighted by atomic mass is 9.89. The second-order valence-electron chi connectivity index (χ2n) is 7.62. The van der Waals surface area contributed by atoms with Crippen molar-refractivity contribution in [2.24, 2.45) is 0 Å². The maximum atomic E-state index is 13.1. The van der Waals surface area contributed by atoms with Crippen LogP contribution in [0.1, 0.15) is 47.8 Å². The number of ether oxygens (including phenoxy) is 1. The summed E-state index contributed by atoms with van der Waals surface area (Å²) >= 11 is 0. The first-order valence-electron chi connectivity index (χ1n) is 9.12. The van der Waals surface area contributed by atoms with E-state index < -0.39 is 0 Å². The zero-order chi connectivity index (χ0) is 19.0. The number of H-pyrrole nitrogens is 1. The summed E-state index contributed by atoms with van der Waals surface area (Å²) in [6.45, 7) is 6.14. The molecule has 5 heteroatoms. The zero-order valence-corrected chi connectivity index (χ0v) is 15.7. The van der Waals surface area contributed by atoms with Gasteiger partial charge in [-0.15, -0.1) is 0 Å². The van der Waals surface area contributed by atoms with E-state index in [-0.39, 0.29) is 17.6 Å². The van der Waals surface area contributed by atoms with Crippen molar-refractivity contribution in [1.29, 1.82) is 0 Å². The minimum atomic E-state index is -0.348. The summed E-state index contributed by atoms with van der Waals surface area (Å²) in [6.07, 6.45) is 4.14. The van der Waals surface area contributed by atoms with Crippen LogP contribution in [0, 0.1) is 6.92 Å². The highest BCUT2D eigenvalue weighted by Crippen LogP contribution is 2.40. The number of benzene rings is 2. The summed E-state index contributed by atoms with van der Waals surface area (Å²) in [5.74, 6) is 1.41. The number of amides is 1. The number of hydrogen-bond donors (Lipinski definition) is 2. The number of hydrogen-bond acceptors (Lipinski definition) is 3. The number of nitrogens with one attached hydrogen (secondary N) is 2. The van der Waals surface area contributed by atoms with Crippen LogP contribution in [0.4, 0.5) is 0 Å². The average Bonchev–Trinajstić information content (AvgIpc) is 3.14. The quantitative estimate of drug-likeness (QED) is 0.726. The fraction of sp³-hybridized carbons (Fsp3) is 0.273. The van der Waals surface area contributed by atoms with Crippen LogP contribution >= 0.6 is 0 Å². The Morgan fingerprint density at radius 2 is 2.07 bits per heavy atom. The Morgan fingerprint density at radius 3 is 2.85 bits per heavy atom. The number of aromatic amines is 1. The Kier molecular flexibility index (Phi) is 4.22. The minimum Gasteiger partial charge on any atom is -0.487 e. The van der Waals surface area contributed by atoms with Crippen molar-refractivity contribution in [3.8, 4) is 17.1 Å². The molecule has 0 bridgehead atoms. The van der Waals surface area contributed by atoms with Gasteiger partial charge in [-0.25, -0.2) is 4.98 Å². The van der Waals surface area contributed by atoms with Gasteiger partial charge in [0.1, 0.15) is 17.2 Å². The van der Waals surface area contributed by atoms with E-state index in [1.807, 2.05) is 57.2 Å². The van der Waals surface area contributed by atoms with Gasteiger partial charge in [0.2, 0.25) is 0 Å². The van der Waals surface area contributed by atoms with E-state index in [1.54, 1.807) is 12.4 Å². The van der Waals surface area contributed by atoms with Crippen LogP contribution in [0.2, 0.25) is 0 Å². The van der Waals surface area contributed by atoms with E-state index in [0.29, 0.717) is 17.8 Å². The molecular formula is C22H23N3O2. The lowest BCUT2D eigenvalue weighted by Gasteiger charge is -2.38. The number of aromatic nitrogens is 2. The van der Waals surface area contributed by atoms with Gasteiger partial charge in [-0.3, -0.25) is 4.79 Å². The molecule has 3 aromatic rings. The second-order valence-corrected chi connectivity index (χ2v) is 7.62. The Morgan fingerprint density at radius 1 is 1.26 bits per heavy atom. The van der Waals surface area contributed by atoms with Crippen LogP contribution in [-0.4, -0.2) is 21.5 Å². The molecule has 2 aromatic carbocycles.